The second kappa shape index (κ2) is 9.49. The number of nitrogens with zero attached hydrogens (tertiary/aromatic N) is 4. The number of rotatable bonds is 3. The van der Waals surface area contributed by atoms with E-state index in [4.69, 9.17) is 14.6 Å². The number of urea groups is 1. The van der Waals surface area contributed by atoms with Crippen molar-refractivity contribution in [2.24, 2.45) is 16.9 Å². The molecule has 2 fully saturated rings. The van der Waals surface area contributed by atoms with E-state index >= 15 is 0 Å². The van der Waals surface area contributed by atoms with E-state index in [1.54, 1.807) is 12.2 Å². The Morgan fingerprint density at radius 3 is 2.43 bits per heavy atom. The van der Waals surface area contributed by atoms with Crippen LogP contribution in [0.3, 0.4) is 0 Å². The third kappa shape index (κ3) is 5.02. The third-order valence-electron chi connectivity index (χ3n) is 7.83. The highest BCUT2D eigenvalue weighted by atomic mass is 16.5. The molecule has 0 spiro atoms. The van der Waals surface area contributed by atoms with Crippen LogP contribution in [0.5, 0.6) is 11.5 Å². The fraction of sp³-hybridized carbons (Fsp3) is 0.679. The summed E-state index contributed by atoms with van der Waals surface area (Å²) in [4.78, 5) is 28.2. The van der Waals surface area contributed by atoms with Crippen LogP contribution in [-0.2, 0) is 11.2 Å². The number of carbonyl (C=O) groups is 2. The fourth-order valence-corrected chi connectivity index (χ4v) is 6.10. The van der Waals surface area contributed by atoms with Gasteiger partial charge in [0.1, 0.15) is 5.60 Å². The number of fused-ring (bicyclic) bond motifs is 2. The van der Waals surface area contributed by atoms with Crippen molar-refractivity contribution >= 4 is 17.6 Å². The molecule has 1 saturated heterocycles. The van der Waals surface area contributed by atoms with Crippen LogP contribution in [0, 0.1) is 11.8 Å². The van der Waals surface area contributed by atoms with E-state index in [2.05, 4.69) is 25.2 Å². The van der Waals surface area contributed by atoms with Gasteiger partial charge in [0.05, 0.1) is 12.8 Å². The van der Waals surface area contributed by atoms with Crippen LogP contribution in [0.25, 0.3) is 0 Å². The van der Waals surface area contributed by atoms with Gasteiger partial charge in [-0.3, -0.25) is 4.79 Å². The number of hydrogen-bond donors (Lipinski definition) is 1. The van der Waals surface area contributed by atoms with Gasteiger partial charge in [-0.05, 0) is 59.6 Å². The van der Waals surface area contributed by atoms with Gasteiger partial charge in [-0.1, -0.05) is 12.8 Å². The number of hydrazone groups is 1. The molecule has 5 rings (SSSR count). The molecule has 4 aliphatic rings. The largest absolute Gasteiger partial charge is 0.493 e. The Hall–Kier alpha value is -2.81. The zero-order chi connectivity index (χ0) is 26.5. The van der Waals surface area contributed by atoms with Crippen LogP contribution in [0.2, 0.25) is 0 Å². The predicted molar refractivity (Wildman–Crippen MR) is 142 cm³/mol. The Morgan fingerprint density at radius 1 is 1.11 bits per heavy atom. The van der Waals surface area contributed by atoms with Crippen LogP contribution >= 0.6 is 0 Å². The summed E-state index contributed by atoms with van der Waals surface area (Å²) in [7, 11) is 1.67. The van der Waals surface area contributed by atoms with E-state index in [1.807, 2.05) is 36.7 Å². The highest BCUT2D eigenvalue weighted by molar-refractivity contribution is 6.08. The minimum absolute atomic E-state index is 0.0648. The molecule has 3 heterocycles. The summed E-state index contributed by atoms with van der Waals surface area (Å²) in [5.74, 6) is 1.65. The summed E-state index contributed by atoms with van der Waals surface area (Å²) in [5, 5.41) is 11.7. The standard InChI is InChI=1S/C28H41N5O4/c1-27(2,3)29-26(35)31-13-15-32(16-14-31)33-25(34)20-10-8-7-9-18(20)23(30-33)19-11-12-22(36-6)24-21(19)17-28(4,5)37-24/h11-12,18,20H,7-10,13-17H2,1-6H3,(H,29,35). The second-order valence-corrected chi connectivity index (χ2v) is 12.4. The maximum Gasteiger partial charge on any atom is 0.317 e. The van der Waals surface area contributed by atoms with E-state index < -0.39 is 0 Å². The molecule has 1 aliphatic carbocycles. The van der Waals surface area contributed by atoms with Gasteiger partial charge < -0.3 is 19.7 Å². The molecule has 0 aromatic heterocycles. The Balaban J connectivity index is 1.45. The van der Waals surface area contributed by atoms with Crippen molar-refractivity contribution in [3.63, 3.8) is 0 Å². The summed E-state index contributed by atoms with van der Waals surface area (Å²) in [6.45, 7) is 12.3. The van der Waals surface area contributed by atoms with Crippen LogP contribution in [-0.4, -0.2) is 77.1 Å². The molecule has 1 aromatic rings. The van der Waals surface area contributed by atoms with E-state index in [1.165, 1.54) is 0 Å². The molecule has 1 saturated carbocycles. The molecule has 2 atom stereocenters. The maximum atomic E-state index is 13.7. The Morgan fingerprint density at radius 2 is 1.78 bits per heavy atom. The summed E-state index contributed by atoms with van der Waals surface area (Å²) >= 11 is 0. The first kappa shape index (κ1) is 25.8. The van der Waals surface area contributed by atoms with Gasteiger partial charge >= 0.3 is 6.03 Å². The van der Waals surface area contributed by atoms with Gasteiger partial charge in [-0.15, -0.1) is 0 Å². The number of methoxy groups -OCH3 is 1. The molecular formula is C28H41N5O4. The zero-order valence-electron chi connectivity index (χ0n) is 23.1. The molecule has 9 heteroatoms. The molecule has 0 bridgehead atoms. The van der Waals surface area contributed by atoms with Crippen molar-refractivity contribution < 1.29 is 19.1 Å². The van der Waals surface area contributed by atoms with Crippen molar-refractivity contribution in [3.8, 4) is 11.5 Å². The van der Waals surface area contributed by atoms with Crippen molar-refractivity contribution in [2.75, 3.05) is 33.3 Å². The van der Waals surface area contributed by atoms with Crippen LogP contribution in [0.4, 0.5) is 4.79 Å². The molecule has 1 aromatic carbocycles. The number of ether oxygens (including phenoxy) is 2. The fourth-order valence-electron chi connectivity index (χ4n) is 6.10. The van der Waals surface area contributed by atoms with E-state index in [-0.39, 0.29) is 34.9 Å². The van der Waals surface area contributed by atoms with Gasteiger partial charge in [-0.2, -0.15) is 15.2 Å². The SMILES string of the molecule is COc1ccc(C2=NN(N3CCN(C(=O)NC(C)(C)C)CC3)C(=O)C3CCCCC23)c2c1OC(C)(C)C2. The lowest BCUT2D eigenvalue weighted by Crippen LogP contribution is -2.60. The molecule has 3 amide bonds. The number of carbonyl (C=O) groups excluding carboxylic acids is 2. The maximum absolute atomic E-state index is 13.7. The number of hydrogen-bond acceptors (Lipinski definition) is 6. The Kier molecular flexibility index (Phi) is 6.63. The average molecular weight is 512 g/mol. The van der Waals surface area contributed by atoms with Gasteiger partial charge in [0.25, 0.3) is 5.91 Å². The topological polar surface area (TPSA) is 86.7 Å². The molecule has 202 valence electrons. The van der Waals surface area contributed by atoms with Gasteiger partial charge in [0.15, 0.2) is 11.5 Å². The van der Waals surface area contributed by atoms with Gasteiger partial charge in [0, 0.05) is 61.1 Å². The second-order valence-electron chi connectivity index (χ2n) is 12.4. The van der Waals surface area contributed by atoms with E-state index in [0.717, 1.165) is 60.4 Å². The van der Waals surface area contributed by atoms with Crippen LogP contribution in [0.15, 0.2) is 17.2 Å². The number of hydrazine groups is 1. The quantitative estimate of drug-likeness (QED) is 0.667. The Bertz CT molecular complexity index is 1100. The molecular weight excluding hydrogens is 470 g/mol. The van der Waals surface area contributed by atoms with Crippen LogP contribution < -0.4 is 14.8 Å². The first-order chi connectivity index (χ1) is 17.5. The van der Waals surface area contributed by atoms with Crippen molar-refractivity contribution in [1.29, 1.82) is 0 Å². The first-order valence-corrected chi connectivity index (χ1v) is 13.6. The van der Waals surface area contributed by atoms with Crippen molar-refractivity contribution in [2.45, 2.75) is 77.9 Å². The highest BCUT2D eigenvalue weighted by Crippen LogP contribution is 2.46. The molecule has 2 unspecified atom stereocenters. The molecule has 1 N–H and O–H groups in total. The van der Waals surface area contributed by atoms with Crippen molar-refractivity contribution in [1.82, 2.24) is 20.3 Å². The monoisotopic (exact) mass is 511 g/mol. The summed E-state index contributed by atoms with van der Waals surface area (Å²) in [5.41, 5.74) is 2.55. The predicted octanol–water partition coefficient (Wildman–Crippen LogP) is 3.80. The summed E-state index contributed by atoms with van der Waals surface area (Å²) < 4.78 is 11.9. The number of amides is 3. The molecule has 37 heavy (non-hydrogen) atoms. The number of piperazine rings is 1. The van der Waals surface area contributed by atoms with Gasteiger partial charge in [-0.25, -0.2) is 4.79 Å². The molecule has 3 aliphatic heterocycles. The smallest absolute Gasteiger partial charge is 0.317 e. The zero-order valence-corrected chi connectivity index (χ0v) is 23.1. The summed E-state index contributed by atoms with van der Waals surface area (Å²) in [6, 6.07) is 3.99. The first-order valence-electron chi connectivity index (χ1n) is 13.6. The number of nitrogens with one attached hydrogen (secondary N) is 1. The minimum atomic E-state index is -0.327. The normalized spacial score (nSPS) is 25.7. The van der Waals surface area contributed by atoms with E-state index in [9.17, 15) is 9.59 Å². The van der Waals surface area contributed by atoms with Crippen LogP contribution in [0.1, 0.15) is 71.4 Å². The molecule has 9 nitrogen and oxygen atoms in total. The lowest BCUT2D eigenvalue weighted by Gasteiger charge is -2.45. The Labute approximate surface area is 220 Å². The van der Waals surface area contributed by atoms with Gasteiger partial charge in [0.2, 0.25) is 0 Å². The number of benzene rings is 1. The molecule has 0 radical (unpaired) electrons. The third-order valence-corrected chi connectivity index (χ3v) is 7.83. The minimum Gasteiger partial charge on any atom is -0.493 e. The lowest BCUT2D eigenvalue weighted by atomic mass is 9.73. The highest BCUT2D eigenvalue weighted by Gasteiger charge is 2.45. The van der Waals surface area contributed by atoms with Crippen molar-refractivity contribution in [3.05, 3.63) is 23.3 Å². The summed E-state index contributed by atoms with van der Waals surface area (Å²) in [6.07, 6.45) is 4.78. The van der Waals surface area contributed by atoms with E-state index in [0.29, 0.717) is 26.2 Å². The average Bonchev–Trinajstić information content (AvgIpc) is 3.18. The lowest BCUT2D eigenvalue weighted by molar-refractivity contribution is -0.161.